The van der Waals surface area contributed by atoms with Crippen molar-refractivity contribution in [3.63, 3.8) is 0 Å². The number of carbonyl (C=O) groups excluding carboxylic acids is 2. The van der Waals surface area contributed by atoms with Gasteiger partial charge in [-0.15, -0.1) is 11.6 Å². The summed E-state index contributed by atoms with van der Waals surface area (Å²) in [6.45, 7) is 0. The fraction of sp³-hybridized carbons (Fsp3) is 0.833. The zero-order chi connectivity index (χ0) is 16.3. The lowest BCUT2D eigenvalue weighted by Gasteiger charge is -2.38. The molecule has 0 heterocycles. The fourth-order valence-corrected chi connectivity index (χ4v) is 2.54. The summed E-state index contributed by atoms with van der Waals surface area (Å²) in [4.78, 5) is 22.7. The van der Waals surface area contributed by atoms with Gasteiger partial charge in [0.2, 0.25) is 0 Å². The SMILES string of the molecule is O=C(CCl)CC1(NC(=O)C(F)(F)C(F)(F)F)CCCCC1. The summed E-state index contributed by atoms with van der Waals surface area (Å²) < 4.78 is 62.6. The Labute approximate surface area is 123 Å². The van der Waals surface area contributed by atoms with Gasteiger partial charge in [0.15, 0.2) is 0 Å². The molecule has 0 aromatic heterocycles. The van der Waals surface area contributed by atoms with Crippen LogP contribution in [0.25, 0.3) is 0 Å². The molecule has 9 heteroatoms. The molecule has 0 spiro atoms. The first-order valence-electron chi connectivity index (χ1n) is 6.39. The molecule has 3 nitrogen and oxygen atoms in total. The normalized spacial score (nSPS) is 19.1. The van der Waals surface area contributed by atoms with E-state index in [1.807, 2.05) is 0 Å². The molecule has 1 amide bonds. The molecule has 1 rings (SSSR count). The summed E-state index contributed by atoms with van der Waals surface area (Å²) in [6.07, 6.45) is -4.12. The topological polar surface area (TPSA) is 46.2 Å². The molecular weight excluding hydrogens is 321 g/mol. The Morgan fingerprint density at radius 2 is 1.57 bits per heavy atom. The molecule has 0 aliphatic heterocycles. The first kappa shape index (κ1) is 18.1. The van der Waals surface area contributed by atoms with Crippen molar-refractivity contribution in [3.05, 3.63) is 0 Å². The van der Waals surface area contributed by atoms with Gasteiger partial charge in [0.25, 0.3) is 0 Å². The van der Waals surface area contributed by atoms with Gasteiger partial charge < -0.3 is 5.32 Å². The molecule has 0 aromatic rings. The lowest BCUT2D eigenvalue weighted by Crippen LogP contribution is -2.59. The van der Waals surface area contributed by atoms with Crippen LogP contribution in [0, 0.1) is 0 Å². The monoisotopic (exact) mass is 335 g/mol. The predicted octanol–water partition coefficient (Wildman–Crippen LogP) is 3.20. The maximum atomic E-state index is 13.0. The minimum absolute atomic E-state index is 0.176. The van der Waals surface area contributed by atoms with Gasteiger partial charge in [-0.1, -0.05) is 19.3 Å². The Morgan fingerprint density at radius 1 is 1.05 bits per heavy atom. The Bertz CT molecular complexity index is 405. The highest BCUT2D eigenvalue weighted by atomic mass is 35.5. The number of hydrogen-bond acceptors (Lipinski definition) is 2. The number of halogens is 6. The summed E-state index contributed by atoms with van der Waals surface area (Å²) in [6, 6.07) is 0. The zero-order valence-corrected chi connectivity index (χ0v) is 11.8. The molecule has 0 radical (unpaired) electrons. The maximum absolute atomic E-state index is 13.0. The van der Waals surface area contributed by atoms with Crippen LogP contribution in [0.2, 0.25) is 0 Å². The third-order valence-electron chi connectivity index (χ3n) is 3.52. The average Bonchev–Trinajstić information content (AvgIpc) is 2.37. The number of ketones is 1. The predicted molar refractivity (Wildman–Crippen MR) is 65.3 cm³/mol. The van der Waals surface area contributed by atoms with Crippen molar-refractivity contribution in [1.82, 2.24) is 5.32 Å². The second-order valence-electron chi connectivity index (χ2n) is 5.22. The smallest absolute Gasteiger partial charge is 0.345 e. The van der Waals surface area contributed by atoms with Gasteiger partial charge in [0.1, 0.15) is 5.78 Å². The van der Waals surface area contributed by atoms with Gasteiger partial charge in [0, 0.05) is 12.0 Å². The van der Waals surface area contributed by atoms with Crippen molar-refractivity contribution < 1.29 is 31.5 Å². The molecule has 1 saturated carbocycles. The molecule has 122 valence electrons. The largest absolute Gasteiger partial charge is 0.463 e. The van der Waals surface area contributed by atoms with E-state index in [0.717, 1.165) is 6.42 Å². The first-order valence-corrected chi connectivity index (χ1v) is 6.92. The van der Waals surface area contributed by atoms with Crippen molar-refractivity contribution in [3.8, 4) is 0 Å². The molecular formula is C12H15ClF5NO2. The summed E-state index contributed by atoms with van der Waals surface area (Å²) in [5.74, 6) is -8.79. The van der Waals surface area contributed by atoms with E-state index < -0.39 is 29.3 Å². The Hall–Kier alpha value is -0.920. The third kappa shape index (κ3) is 4.28. The number of Topliss-reactive ketones (excluding diaryl/α,β-unsaturated/α-hetero) is 1. The molecule has 1 N–H and O–H groups in total. The molecule has 0 saturated heterocycles. The lowest BCUT2D eigenvalue weighted by molar-refractivity contribution is -0.270. The van der Waals surface area contributed by atoms with E-state index in [2.05, 4.69) is 0 Å². The van der Waals surface area contributed by atoms with Crippen molar-refractivity contribution in [2.45, 2.75) is 56.2 Å². The van der Waals surface area contributed by atoms with E-state index in [-0.39, 0.29) is 25.1 Å². The number of alkyl halides is 6. The molecule has 0 unspecified atom stereocenters. The highest BCUT2D eigenvalue weighted by molar-refractivity contribution is 6.27. The van der Waals surface area contributed by atoms with E-state index in [1.165, 1.54) is 0 Å². The quantitative estimate of drug-likeness (QED) is 0.619. The van der Waals surface area contributed by atoms with Crippen molar-refractivity contribution in [2.75, 3.05) is 5.88 Å². The molecule has 1 fully saturated rings. The van der Waals surface area contributed by atoms with Crippen molar-refractivity contribution in [2.24, 2.45) is 0 Å². The summed E-state index contributed by atoms with van der Waals surface area (Å²) in [5, 5.41) is 1.76. The van der Waals surface area contributed by atoms with Crippen LogP contribution in [-0.4, -0.2) is 35.2 Å². The van der Waals surface area contributed by atoms with Crippen LogP contribution in [0.1, 0.15) is 38.5 Å². The summed E-state index contributed by atoms with van der Waals surface area (Å²) in [5.41, 5.74) is -1.37. The second-order valence-corrected chi connectivity index (χ2v) is 5.48. The van der Waals surface area contributed by atoms with Gasteiger partial charge in [-0.2, -0.15) is 22.0 Å². The van der Waals surface area contributed by atoms with E-state index in [1.54, 1.807) is 5.32 Å². The molecule has 1 aliphatic carbocycles. The average molecular weight is 336 g/mol. The molecule has 0 atom stereocenters. The van der Waals surface area contributed by atoms with E-state index >= 15 is 0 Å². The first-order chi connectivity index (χ1) is 9.54. The molecule has 0 aromatic carbocycles. The van der Waals surface area contributed by atoms with Gasteiger partial charge in [-0.25, -0.2) is 0 Å². The highest BCUT2D eigenvalue weighted by Gasteiger charge is 2.64. The number of carbonyl (C=O) groups is 2. The van der Waals surface area contributed by atoms with Crippen molar-refractivity contribution in [1.29, 1.82) is 0 Å². The van der Waals surface area contributed by atoms with Crippen LogP contribution in [0.5, 0.6) is 0 Å². The van der Waals surface area contributed by atoms with Gasteiger partial charge in [-0.3, -0.25) is 9.59 Å². The Morgan fingerprint density at radius 3 is 2.00 bits per heavy atom. The second kappa shape index (κ2) is 6.46. The van der Waals surface area contributed by atoms with Gasteiger partial charge in [0.05, 0.1) is 5.88 Å². The van der Waals surface area contributed by atoms with Crippen LogP contribution in [0.4, 0.5) is 22.0 Å². The summed E-state index contributed by atoms with van der Waals surface area (Å²) >= 11 is 5.34. The van der Waals surface area contributed by atoms with Crippen molar-refractivity contribution >= 4 is 23.3 Å². The van der Waals surface area contributed by atoms with E-state index in [0.29, 0.717) is 12.8 Å². The fourth-order valence-electron chi connectivity index (χ4n) is 2.45. The minimum atomic E-state index is -5.97. The third-order valence-corrected chi connectivity index (χ3v) is 3.81. The highest BCUT2D eigenvalue weighted by Crippen LogP contribution is 2.38. The van der Waals surface area contributed by atoms with Crippen LogP contribution in [0.15, 0.2) is 0 Å². The standard InChI is InChI=1S/C12H15ClF5NO2/c13-7-8(20)6-10(4-2-1-3-5-10)19-9(21)11(14,15)12(16,17)18/h1-7H2,(H,19,21). The van der Waals surface area contributed by atoms with Crippen LogP contribution in [0.3, 0.4) is 0 Å². The zero-order valence-electron chi connectivity index (χ0n) is 11.0. The van der Waals surface area contributed by atoms with Gasteiger partial charge in [-0.05, 0) is 12.8 Å². The minimum Gasteiger partial charge on any atom is -0.345 e. The van der Waals surface area contributed by atoms with Crippen LogP contribution >= 0.6 is 11.6 Å². The van der Waals surface area contributed by atoms with E-state index in [4.69, 9.17) is 11.6 Å². The Kier molecular flexibility index (Phi) is 5.57. The maximum Gasteiger partial charge on any atom is 0.463 e. The number of amides is 1. The Balaban J connectivity index is 2.91. The summed E-state index contributed by atoms with van der Waals surface area (Å²) in [7, 11) is 0. The molecule has 1 aliphatic rings. The number of hydrogen-bond donors (Lipinski definition) is 1. The van der Waals surface area contributed by atoms with Gasteiger partial charge >= 0.3 is 18.0 Å². The van der Waals surface area contributed by atoms with Crippen LogP contribution in [-0.2, 0) is 9.59 Å². The molecule has 21 heavy (non-hydrogen) atoms. The lowest BCUT2D eigenvalue weighted by atomic mass is 9.78. The van der Waals surface area contributed by atoms with E-state index in [9.17, 15) is 31.5 Å². The molecule has 0 bridgehead atoms. The number of rotatable bonds is 5. The number of nitrogens with one attached hydrogen (secondary N) is 1. The van der Waals surface area contributed by atoms with Crippen LogP contribution < -0.4 is 5.32 Å².